The van der Waals surface area contributed by atoms with Crippen LogP contribution in [0.4, 0.5) is 11.4 Å². The Morgan fingerprint density at radius 2 is 1.85 bits per heavy atom. The third-order valence-corrected chi connectivity index (χ3v) is 3.22. The molecule has 0 saturated carbocycles. The van der Waals surface area contributed by atoms with Crippen molar-refractivity contribution in [1.82, 2.24) is 0 Å². The maximum atomic E-state index is 12.3. The first-order valence-electron chi connectivity index (χ1n) is 7.96. The number of aliphatic hydroxyl groups excluding tert-OH is 1. The lowest BCUT2D eigenvalue weighted by atomic mass is 10.2. The largest absolute Gasteiger partial charge is 0.510 e. The van der Waals surface area contributed by atoms with Crippen molar-refractivity contribution in [1.29, 1.82) is 0 Å². The van der Waals surface area contributed by atoms with Crippen molar-refractivity contribution in [3.05, 3.63) is 71.6 Å². The van der Waals surface area contributed by atoms with Gasteiger partial charge in [0.1, 0.15) is 5.76 Å². The van der Waals surface area contributed by atoms with Gasteiger partial charge in [-0.05, 0) is 44.2 Å². The second-order valence-corrected chi connectivity index (χ2v) is 5.22. The monoisotopic (exact) mass is 353 g/mol. The van der Waals surface area contributed by atoms with E-state index in [1.165, 1.54) is 13.0 Å². The summed E-state index contributed by atoms with van der Waals surface area (Å²) in [7, 11) is 0. The van der Waals surface area contributed by atoms with E-state index in [4.69, 9.17) is 4.74 Å². The number of benzene rings is 2. The SMILES string of the molecule is CCOC(=O)C(N=Nc1cccc(C(=O)Nc2ccccc2)c1)=C(C)O. The standard InChI is InChI=1S/C19H19N3O4/c1-3-26-19(25)17(13(2)23)22-21-16-11-7-8-14(12-16)18(24)20-15-9-5-4-6-10-15/h4-12,23H,3H2,1-2H3,(H,20,24). The number of carbonyl (C=O) groups excluding carboxylic acids is 2. The number of anilines is 1. The van der Waals surface area contributed by atoms with Crippen molar-refractivity contribution in [2.45, 2.75) is 13.8 Å². The fourth-order valence-electron chi connectivity index (χ4n) is 2.00. The van der Waals surface area contributed by atoms with Crippen LogP contribution in [0.3, 0.4) is 0 Å². The van der Waals surface area contributed by atoms with Gasteiger partial charge in [0.15, 0.2) is 0 Å². The number of nitrogens with one attached hydrogen (secondary N) is 1. The highest BCUT2D eigenvalue weighted by Gasteiger charge is 2.14. The fraction of sp³-hybridized carbons (Fsp3) is 0.158. The molecular weight excluding hydrogens is 334 g/mol. The molecule has 0 radical (unpaired) electrons. The van der Waals surface area contributed by atoms with Crippen LogP contribution in [-0.2, 0) is 9.53 Å². The highest BCUT2D eigenvalue weighted by atomic mass is 16.5. The average molecular weight is 353 g/mol. The third-order valence-electron chi connectivity index (χ3n) is 3.22. The number of nitrogens with zero attached hydrogens (tertiary/aromatic N) is 2. The number of amides is 1. The number of hydrogen-bond donors (Lipinski definition) is 2. The summed E-state index contributed by atoms with van der Waals surface area (Å²) in [5, 5.41) is 20.0. The van der Waals surface area contributed by atoms with E-state index in [0.717, 1.165) is 0 Å². The van der Waals surface area contributed by atoms with E-state index in [9.17, 15) is 14.7 Å². The van der Waals surface area contributed by atoms with Crippen LogP contribution in [0.15, 0.2) is 76.3 Å². The first kappa shape index (κ1) is 18.9. The molecule has 134 valence electrons. The van der Waals surface area contributed by atoms with Crippen molar-refractivity contribution in [3.63, 3.8) is 0 Å². The van der Waals surface area contributed by atoms with Gasteiger partial charge in [0.05, 0.1) is 12.3 Å². The Bertz CT molecular complexity index is 841. The van der Waals surface area contributed by atoms with Crippen molar-refractivity contribution in [2.75, 3.05) is 11.9 Å². The molecule has 0 aliphatic rings. The molecule has 0 aromatic heterocycles. The number of para-hydroxylation sites is 1. The van der Waals surface area contributed by atoms with Crippen molar-refractivity contribution < 1.29 is 19.4 Å². The van der Waals surface area contributed by atoms with Crippen LogP contribution in [-0.4, -0.2) is 23.6 Å². The highest BCUT2D eigenvalue weighted by molar-refractivity contribution is 6.04. The number of azo groups is 1. The normalized spacial score (nSPS) is 11.8. The molecule has 0 saturated heterocycles. The van der Waals surface area contributed by atoms with Gasteiger partial charge in [0.2, 0.25) is 5.70 Å². The van der Waals surface area contributed by atoms with Crippen molar-refractivity contribution >= 4 is 23.3 Å². The van der Waals surface area contributed by atoms with E-state index >= 15 is 0 Å². The zero-order chi connectivity index (χ0) is 18.9. The summed E-state index contributed by atoms with van der Waals surface area (Å²) in [6.45, 7) is 3.11. The third kappa shape index (κ3) is 5.27. The second-order valence-electron chi connectivity index (χ2n) is 5.22. The van der Waals surface area contributed by atoms with Gasteiger partial charge in [-0.3, -0.25) is 4.79 Å². The fourth-order valence-corrected chi connectivity index (χ4v) is 2.00. The lowest BCUT2D eigenvalue weighted by Gasteiger charge is -2.05. The van der Waals surface area contributed by atoms with Gasteiger partial charge < -0.3 is 15.2 Å². The second kappa shape index (κ2) is 9.12. The van der Waals surface area contributed by atoms with E-state index in [2.05, 4.69) is 15.5 Å². The number of esters is 1. The molecule has 0 unspecified atom stereocenters. The molecule has 1 amide bonds. The van der Waals surface area contributed by atoms with Crippen LogP contribution < -0.4 is 5.32 Å². The first-order chi connectivity index (χ1) is 12.5. The molecule has 0 atom stereocenters. The number of carbonyl (C=O) groups is 2. The molecule has 7 nitrogen and oxygen atoms in total. The van der Waals surface area contributed by atoms with Crippen LogP contribution in [0, 0.1) is 0 Å². The Kier molecular flexibility index (Phi) is 6.61. The predicted octanol–water partition coefficient (Wildman–Crippen LogP) is 4.38. The molecular formula is C19H19N3O4. The molecule has 2 N–H and O–H groups in total. The molecule has 0 heterocycles. The Hall–Kier alpha value is -3.48. The summed E-state index contributed by atoms with van der Waals surface area (Å²) in [6, 6.07) is 15.5. The smallest absolute Gasteiger partial charge is 0.362 e. The molecule has 0 aliphatic carbocycles. The van der Waals surface area contributed by atoms with Crippen molar-refractivity contribution in [3.8, 4) is 0 Å². The maximum absolute atomic E-state index is 12.3. The molecule has 0 aliphatic heterocycles. The van der Waals surface area contributed by atoms with E-state index in [0.29, 0.717) is 16.9 Å². The zero-order valence-corrected chi connectivity index (χ0v) is 14.5. The lowest BCUT2D eigenvalue weighted by molar-refractivity contribution is -0.138. The quantitative estimate of drug-likeness (QED) is 0.348. The Balaban J connectivity index is 2.17. The summed E-state index contributed by atoms with van der Waals surface area (Å²) < 4.78 is 4.81. The molecule has 2 aromatic rings. The Morgan fingerprint density at radius 1 is 1.12 bits per heavy atom. The minimum atomic E-state index is -0.769. The number of ether oxygens (including phenoxy) is 1. The summed E-state index contributed by atoms with van der Waals surface area (Å²) in [5.74, 6) is -1.37. The first-order valence-corrected chi connectivity index (χ1v) is 7.96. The zero-order valence-electron chi connectivity index (χ0n) is 14.5. The van der Waals surface area contributed by atoms with Crippen molar-refractivity contribution in [2.24, 2.45) is 10.2 Å². The van der Waals surface area contributed by atoms with E-state index < -0.39 is 5.97 Å². The van der Waals surface area contributed by atoms with Gasteiger partial charge in [-0.1, -0.05) is 24.3 Å². The van der Waals surface area contributed by atoms with Gasteiger partial charge in [0, 0.05) is 11.3 Å². The molecule has 26 heavy (non-hydrogen) atoms. The molecule has 0 fully saturated rings. The van der Waals surface area contributed by atoms with E-state index in [-0.39, 0.29) is 24.0 Å². The molecule has 0 spiro atoms. The Morgan fingerprint density at radius 3 is 2.50 bits per heavy atom. The molecule has 7 heteroatoms. The summed E-state index contributed by atoms with van der Waals surface area (Å²) >= 11 is 0. The summed E-state index contributed by atoms with van der Waals surface area (Å²) in [6.07, 6.45) is 0. The summed E-state index contributed by atoms with van der Waals surface area (Å²) in [4.78, 5) is 24.0. The molecule has 0 bridgehead atoms. The van der Waals surface area contributed by atoms with Gasteiger partial charge in [-0.25, -0.2) is 4.79 Å². The maximum Gasteiger partial charge on any atom is 0.362 e. The Labute approximate surface area is 151 Å². The number of hydrogen-bond acceptors (Lipinski definition) is 6. The molecule has 2 rings (SSSR count). The predicted molar refractivity (Wildman–Crippen MR) is 97.3 cm³/mol. The van der Waals surface area contributed by atoms with E-state index in [1.807, 2.05) is 18.2 Å². The van der Waals surface area contributed by atoms with Gasteiger partial charge in [-0.2, -0.15) is 5.11 Å². The number of allylic oxidation sites excluding steroid dienone is 1. The van der Waals surface area contributed by atoms with Crippen LogP contribution in [0.2, 0.25) is 0 Å². The van der Waals surface area contributed by atoms with Crippen LogP contribution in [0.1, 0.15) is 24.2 Å². The number of aliphatic hydroxyl groups is 1. The summed E-state index contributed by atoms with van der Waals surface area (Å²) in [5.41, 5.74) is 1.13. The van der Waals surface area contributed by atoms with Crippen LogP contribution >= 0.6 is 0 Å². The number of rotatable bonds is 6. The lowest BCUT2D eigenvalue weighted by Crippen LogP contribution is -2.11. The van der Waals surface area contributed by atoms with Gasteiger partial charge >= 0.3 is 5.97 Å². The minimum absolute atomic E-state index is 0.153. The van der Waals surface area contributed by atoms with Crippen LogP contribution in [0.5, 0.6) is 0 Å². The molecule has 2 aromatic carbocycles. The highest BCUT2D eigenvalue weighted by Crippen LogP contribution is 2.18. The average Bonchev–Trinajstić information content (AvgIpc) is 2.63. The topological polar surface area (TPSA) is 100 Å². The van der Waals surface area contributed by atoms with Crippen LogP contribution in [0.25, 0.3) is 0 Å². The van der Waals surface area contributed by atoms with E-state index in [1.54, 1.807) is 37.3 Å². The minimum Gasteiger partial charge on any atom is -0.510 e. The van der Waals surface area contributed by atoms with Gasteiger partial charge in [-0.15, -0.1) is 5.11 Å². The van der Waals surface area contributed by atoms with Gasteiger partial charge in [0.25, 0.3) is 5.91 Å².